The Bertz CT molecular complexity index is 761. The number of fused-ring (bicyclic) bond motifs is 2. The average Bonchev–Trinajstić information content (AvgIpc) is 3.32. The highest BCUT2D eigenvalue weighted by Crippen LogP contribution is 2.29. The lowest BCUT2D eigenvalue weighted by atomic mass is 10.1. The molecule has 4 heterocycles. The van der Waals surface area contributed by atoms with E-state index < -0.39 is 12.1 Å². The molecule has 26 heavy (non-hydrogen) atoms. The first-order valence-electron chi connectivity index (χ1n) is 8.68. The first-order chi connectivity index (χ1) is 12.5. The molecular weight excluding hydrogens is 340 g/mol. The molecule has 0 aromatic carbocycles. The van der Waals surface area contributed by atoms with Crippen LogP contribution in [0.2, 0.25) is 0 Å². The molecule has 0 unspecified atom stereocenters. The fraction of sp³-hybridized carbons (Fsp3) is 0.529. The number of hydrogen-bond acceptors (Lipinski definition) is 5. The summed E-state index contributed by atoms with van der Waals surface area (Å²) in [5, 5.41) is 5.71. The number of carbonyl (C=O) groups excluding carboxylic acids is 4. The Morgan fingerprint density at radius 2 is 2.15 bits per heavy atom. The van der Waals surface area contributed by atoms with E-state index in [1.807, 2.05) is 0 Å². The highest BCUT2D eigenvalue weighted by atomic mass is 16.3. The van der Waals surface area contributed by atoms with E-state index in [0.717, 1.165) is 0 Å². The molecule has 1 aromatic heterocycles. The molecule has 0 spiro atoms. The second-order valence-electron chi connectivity index (χ2n) is 6.95. The summed E-state index contributed by atoms with van der Waals surface area (Å²) >= 11 is 0. The van der Waals surface area contributed by atoms with Crippen LogP contribution < -0.4 is 10.6 Å². The predicted molar refractivity (Wildman–Crippen MR) is 87.8 cm³/mol. The van der Waals surface area contributed by atoms with Gasteiger partial charge in [0.1, 0.15) is 12.1 Å². The normalized spacial score (nSPS) is 30.5. The van der Waals surface area contributed by atoms with Gasteiger partial charge in [-0.3, -0.25) is 19.2 Å². The van der Waals surface area contributed by atoms with Gasteiger partial charge in [0.25, 0.3) is 5.91 Å². The van der Waals surface area contributed by atoms with Gasteiger partial charge in [0.15, 0.2) is 5.76 Å². The zero-order valence-corrected chi connectivity index (χ0v) is 14.3. The minimum absolute atomic E-state index is 0.180. The maximum absolute atomic E-state index is 13.0. The van der Waals surface area contributed by atoms with E-state index in [1.165, 1.54) is 23.0 Å². The summed E-state index contributed by atoms with van der Waals surface area (Å²) < 4.78 is 5.07. The Labute approximate surface area is 149 Å². The SMILES string of the molecule is CC(=O)N1CC[C@@H]2NC(=O)[C@H]3C[C@H](NC(=O)c4ccco4)CN3C(=O)[C@H]21. The summed E-state index contributed by atoms with van der Waals surface area (Å²) in [7, 11) is 0. The van der Waals surface area contributed by atoms with Crippen LogP contribution in [0.15, 0.2) is 22.8 Å². The number of rotatable bonds is 2. The summed E-state index contributed by atoms with van der Waals surface area (Å²) in [6, 6.07) is 1.17. The van der Waals surface area contributed by atoms with E-state index in [4.69, 9.17) is 4.42 Å². The van der Waals surface area contributed by atoms with E-state index in [1.54, 1.807) is 12.1 Å². The number of likely N-dealkylation sites (tertiary alicyclic amines) is 1. The molecule has 2 N–H and O–H groups in total. The number of amides is 4. The Hall–Kier alpha value is -2.84. The summed E-state index contributed by atoms with van der Waals surface area (Å²) in [5.74, 6) is -0.844. The molecule has 0 bridgehead atoms. The van der Waals surface area contributed by atoms with Crippen LogP contribution in [0, 0.1) is 0 Å². The molecule has 4 rings (SSSR count). The molecule has 0 radical (unpaired) electrons. The highest BCUT2D eigenvalue weighted by Gasteiger charge is 2.51. The Kier molecular flexibility index (Phi) is 3.93. The average molecular weight is 360 g/mol. The third-order valence-corrected chi connectivity index (χ3v) is 5.35. The largest absolute Gasteiger partial charge is 0.459 e. The standard InChI is InChI=1S/C17H20N4O5/c1-9(22)20-5-4-11-14(20)17(25)21-8-10(7-12(21)15(23)19-11)18-16(24)13-3-2-6-26-13/h2-3,6,10-12,14H,4-5,7-8H2,1H3,(H,18,24)(H,19,23)/t10-,11-,12+,14-/m0/s1. The number of furan rings is 1. The quantitative estimate of drug-likeness (QED) is 0.710. The van der Waals surface area contributed by atoms with Crippen molar-refractivity contribution in [1.82, 2.24) is 20.4 Å². The maximum atomic E-state index is 13.0. The van der Waals surface area contributed by atoms with E-state index in [0.29, 0.717) is 19.4 Å². The third-order valence-electron chi connectivity index (χ3n) is 5.35. The first-order valence-corrected chi connectivity index (χ1v) is 8.68. The molecule has 1 aromatic rings. The van der Waals surface area contributed by atoms with E-state index in [9.17, 15) is 19.2 Å². The Morgan fingerprint density at radius 3 is 2.85 bits per heavy atom. The lowest BCUT2D eigenvalue weighted by Gasteiger charge is -2.28. The third kappa shape index (κ3) is 2.63. The van der Waals surface area contributed by atoms with Crippen molar-refractivity contribution in [2.75, 3.05) is 13.1 Å². The van der Waals surface area contributed by atoms with Crippen molar-refractivity contribution >= 4 is 23.6 Å². The zero-order valence-electron chi connectivity index (χ0n) is 14.3. The lowest BCUT2D eigenvalue weighted by molar-refractivity contribution is -0.143. The molecule has 9 heteroatoms. The van der Waals surface area contributed by atoms with Crippen LogP contribution in [0.25, 0.3) is 0 Å². The summed E-state index contributed by atoms with van der Waals surface area (Å²) in [5.41, 5.74) is 0. The van der Waals surface area contributed by atoms with Gasteiger partial charge in [-0.2, -0.15) is 0 Å². The fourth-order valence-corrected chi connectivity index (χ4v) is 4.15. The van der Waals surface area contributed by atoms with Crippen LogP contribution >= 0.6 is 0 Å². The predicted octanol–water partition coefficient (Wildman–Crippen LogP) is -0.902. The van der Waals surface area contributed by atoms with Gasteiger partial charge in [-0.25, -0.2) is 0 Å². The van der Waals surface area contributed by atoms with Crippen LogP contribution in [0.5, 0.6) is 0 Å². The van der Waals surface area contributed by atoms with Gasteiger partial charge in [-0.15, -0.1) is 0 Å². The molecule has 138 valence electrons. The summed E-state index contributed by atoms with van der Waals surface area (Å²) in [6.45, 7) is 2.11. The number of nitrogens with zero attached hydrogens (tertiary/aromatic N) is 2. The fourth-order valence-electron chi connectivity index (χ4n) is 4.15. The molecule has 0 aliphatic carbocycles. The first kappa shape index (κ1) is 16.6. The molecule has 3 saturated heterocycles. The van der Waals surface area contributed by atoms with Gasteiger partial charge in [0.2, 0.25) is 17.7 Å². The van der Waals surface area contributed by atoms with Crippen LogP contribution in [-0.2, 0) is 14.4 Å². The Balaban J connectivity index is 1.52. The van der Waals surface area contributed by atoms with Crippen molar-refractivity contribution in [3.8, 4) is 0 Å². The smallest absolute Gasteiger partial charge is 0.287 e. The van der Waals surface area contributed by atoms with E-state index in [-0.39, 0.29) is 48.0 Å². The summed E-state index contributed by atoms with van der Waals surface area (Å²) in [6.07, 6.45) is 2.31. The van der Waals surface area contributed by atoms with E-state index in [2.05, 4.69) is 10.6 Å². The van der Waals surface area contributed by atoms with Crippen molar-refractivity contribution < 1.29 is 23.6 Å². The van der Waals surface area contributed by atoms with Crippen LogP contribution in [0.4, 0.5) is 0 Å². The lowest BCUT2D eigenvalue weighted by Crippen LogP contribution is -2.52. The van der Waals surface area contributed by atoms with Gasteiger partial charge in [0.05, 0.1) is 12.3 Å². The number of nitrogens with one attached hydrogen (secondary N) is 2. The van der Waals surface area contributed by atoms with Crippen molar-refractivity contribution in [1.29, 1.82) is 0 Å². The molecule has 3 aliphatic heterocycles. The van der Waals surface area contributed by atoms with Crippen LogP contribution in [0.3, 0.4) is 0 Å². The van der Waals surface area contributed by atoms with Crippen LogP contribution in [0.1, 0.15) is 30.3 Å². The highest BCUT2D eigenvalue weighted by molar-refractivity contribution is 5.97. The molecule has 3 aliphatic rings. The summed E-state index contributed by atoms with van der Waals surface area (Å²) in [4.78, 5) is 52.6. The topological polar surface area (TPSA) is 112 Å². The Morgan fingerprint density at radius 1 is 1.35 bits per heavy atom. The molecule has 9 nitrogen and oxygen atoms in total. The van der Waals surface area contributed by atoms with Crippen molar-refractivity contribution in [2.24, 2.45) is 0 Å². The van der Waals surface area contributed by atoms with Gasteiger partial charge in [0, 0.05) is 26.1 Å². The molecule has 0 saturated carbocycles. The second kappa shape index (κ2) is 6.15. The van der Waals surface area contributed by atoms with Crippen molar-refractivity contribution in [2.45, 2.75) is 43.9 Å². The van der Waals surface area contributed by atoms with Crippen molar-refractivity contribution in [3.63, 3.8) is 0 Å². The minimum Gasteiger partial charge on any atom is -0.459 e. The number of carbonyl (C=O) groups is 4. The molecular formula is C17H20N4O5. The second-order valence-corrected chi connectivity index (χ2v) is 6.95. The van der Waals surface area contributed by atoms with Gasteiger partial charge < -0.3 is 24.9 Å². The van der Waals surface area contributed by atoms with Crippen molar-refractivity contribution in [3.05, 3.63) is 24.2 Å². The van der Waals surface area contributed by atoms with Gasteiger partial charge in [-0.05, 0) is 25.0 Å². The maximum Gasteiger partial charge on any atom is 0.287 e. The van der Waals surface area contributed by atoms with Gasteiger partial charge in [-0.1, -0.05) is 0 Å². The molecule has 4 amide bonds. The molecule has 4 atom stereocenters. The number of hydrogen-bond donors (Lipinski definition) is 2. The van der Waals surface area contributed by atoms with Crippen LogP contribution in [-0.4, -0.2) is 70.7 Å². The van der Waals surface area contributed by atoms with E-state index >= 15 is 0 Å². The van der Waals surface area contributed by atoms with Gasteiger partial charge >= 0.3 is 0 Å². The monoisotopic (exact) mass is 360 g/mol. The zero-order chi connectivity index (χ0) is 18.4. The minimum atomic E-state index is -0.666. The molecule has 3 fully saturated rings.